The highest BCUT2D eigenvalue weighted by molar-refractivity contribution is 5.93. The number of rotatable bonds is 2. The van der Waals surface area contributed by atoms with Crippen molar-refractivity contribution in [1.82, 2.24) is 15.8 Å². The summed E-state index contributed by atoms with van der Waals surface area (Å²) < 4.78 is 4.82. The van der Waals surface area contributed by atoms with Crippen LogP contribution in [0.5, 0.6) is 0 Å². The Hall–Kier alpha value is -2.55. The number of hydrogen-bond acceptors (Lipinski definition) is 5. The van der Waals surface area contributed by atoms with Crippen LogP contribution >= 0.6 is 0 Å². The van der Waals surface area contributed by atoms with Gasteiger partial charge in [-0.3, -0.25) is 10.1 Å². The second kappa shape index (κ2) is 4.31. The zero-order valence-electron chi connectivity index (χ0n) is 8.23. The Balaban J connectivity index is 2.20. The van der Waals surface area contributed by atoms with E-state index in [1.54, 1.807) is 6.20 Å². The van der Waals surface area contributed by atoms with Crippen LogP contribution in [0.3, 0.4) is 0 Å². The third-order valence-corrected chi connectivity index (χ3v) is 2.02. The highest BCUT2D eigenvalue weighted by atomic mass is 16.5. The van der Waals surface area contributed by atoms with Crippen LogP contribution in [0.4, 0.5) is 0 Å². The van der Waals surface area contributed by atoms with Crippen molar-refractivity contribution in [2.24, 2.45) is 0 Å². The van der Waals surface area contributed by atoms with Gasteiger partial charge in [0.2, 0.25) is 5.76 Å². The molecule has 0 spiro atoms. The van der Waals surface area contributed by atoms with Gasteiger partial charge in [0.25, 0.3) is 0 Å². The molecule has 0 bridgehead atoms. The number of aromatic nitrogens is 1. The molecule has 1 amide bonds. The lowest BCUT2D eigenvalue weighted by Gasteiger charge is -2.03. The number of carbonyl (C=O) groups excluding carboxylic acids is 1. The fourth-order valence-corrected chi connectivity index (χ4v) is 1.27. The molecule has 1 aromatic rings. The van der Waals surface area contributed by atoms with Crippen molar-refractivity contribution in [3.05, 3.63) is 35.9 Å². The monoisotopic (exact) mass is 216 g/mol. The van der Waals surface area contributed by atoms with E-state index in [9.17, 15) is 4.79 Å². The molecule has 0 saturated heterocycles. The first-order valence-corrected chi connectivity index (χ1v) is 4.58. The van der Waals surface area contributed by atoms with Gasteiger partial charge in [-0.15, -0.1) is 0 Å². The fraction of sp³-hybridized carbons (Fsp3) is 0.100. The summed E-state index contributed by atoms with van der Waals surface area (Å²) in [6, 6.07) is 1.49. The van der Waals surface area contributed by atoms with Crippen molar-refractivity contribution in [2.45, 2.75) is 0 Å². The normalized spacial score (nSPS) is 13.6. The summed E-state index contributed by atoms with van der Waals surface area (Å²) in [4.78, 5) is 11.2. The lowest BCUT2D eigenvalue weighted by Crippen LogP contribution is -2.16. The van der Waals surface area contributed by atoms with Crippen LogP contribution in [0, 0.1) is 11.5 Å². The average Bonchev–Trinajstić information content (AvgIpc) is 2.80. The minimum Gasteiger partial charge on any atom is -0.387 e. The van der Waals surface area contributed by atoms with E-state index in [1.807, 2.05) is 17.5 Å². The van der Waals surface area contributed by atoms with E-state index < -0.39 is 5.91 Å². The Kier molecular flexibility index (Phi) is 2.69. The molecule has 0 aromatic carbocycles. The zero-order valence-corrected chi connectivity index (χ0v) is 8.23. The predicted octanol–water partition coefficient (Wildman–Crippen LogP) is 0.386. The van der Waals surface area contributed by atoms with Crippen molar-refractivity contribution in [1.29, 1.82) is 5.26 Å². The van der Waals surface area contributed by atoms with Crippen LogP contribution in [0.25, 0.3) is 5.57 Å². The van der Waals surface area contributed by atoms with Crippen LogP contribution in [-0.4, -0.2) is 17.6 Å². The minimum absolute atomic E-state index is 0.0179. The summed E-state index contributed by atoms with van der Waals surface area (Å²) in [7, 11) is 0. The Morgan fingerprint density at radius 3 is 3.25 bits per heavy atom. The molecule has 0 unspecified atom stereocenters. The molecule has 80 valence electrons. The number of dihydropyridines is 1. The predicted molar refractivity (Wildman–Crippen MR) is 54.7 cm³/mol. The number of nitrogens with one attached hydrogen (secondary N) is 2. The summed E-state index contributed by atoms with van der Waals surface area (Å²) in [5, 5.41) is 17.0. The van der Waals surface area contributed by atoms with Crippen molar-refractivity contribution >= 4 is 11.5 Å². The second-order valence-corrected chi connectivity index (χ2v) is 3.04. The smallest absolute Gasteiger partial charge is 0.302 e. The summed E-state index contributed by atoms with van der Waals surface area (Å²) in [5.41, 5.74) is 1.44. The molecule has 2 rings (SSSR count). The van der Waals surface area contributed by atoms with Crippen molar-refractivity contribution in [3.63, 3.8) is 0 Å². The third kappa shape index (κ3) is 1.93. The first kappa shape index (κ1) is 9.98. The van der Waals surface area contributed by atoms with E-state index in [4.69, 9.17) is 9.78 Å². The Labute approximate surface area is 91.2 Å². The molecule has 1 aliphatic rings. The van der Waals surface area contributed by atoms with Gasteiger partial charge in [-0.05, 0) is 12.3 Å². The molecule has 2 heterocycles. The minimum atomic E-state index is -0.597. The van der Waals surface area contributed by atoms with Gasteiger partial charge in [0, 0.05) is 18.2 Å². The van der Waals surface area contributed by atoms with Crippen LogP contribution in [0.2, 0.25) is 0 Å². The van der Waals surface area contributed by atoms with Gasteiger partial charge in [-0.25, -0.2) is 0 Å². The van der Waals surface area contributed by atoms with Gasteiger partial charge in [-0.1, -0.05) is 11.2 Å². The number of allylic oxidation sites excluding steroid dienone is 2. The maximum absolute atomic E-state index is 11.2. The van der Waals surface area contributed by atoms with E-state index in [2.05, 4.69) is 10.5 Å². The Morgan fingerprint density at radius 1 is 1.69 bits per heavy atom. The molecule has 0 aliphatic carbocycles. The summed E-state index contributed by atoms with van der Waals surface area (Å²) in [6.07, 6.45) is 7.07. The van der Waals surface area contributed by atoms with Crippen LogP contribution in [-0.2, 0) is 0 Å². The van der Waals surface area contributed by atoms with Crippen LogP contribution in [0.1, 0.15) is 16.2 Å². The number of nitriles is 1. The SMILES string of the molecule is N#CNC(=O)c1cc(C2=CCNC=C2)no1. The van der Waals surface area contributed by atoms with Gasteiger partial charge in [0.15, 0.2) is 6.19 Å². The molecule has 0 fully saturated rings. The highest BCUT2D eigenvalue weighted by Crippen LogP contribution is 2.16. The molecule has 6 nitrogen and oxygen atoms in total. The molecule has 0 saturated carbocycles. The molecule has 0 radical (unpaired) electrons. The standard InChI is InChI=1S/C10H8N4O2/c11-6-13-10(15)9-5-8(14-16-9)7-1-3-12-4-2-7/h1-3,5,12H,4H2,(H,13,15). The van der Waals surface area contributed by atoms with Crippen molar-refractivity contribution in [2.75, 3.05) is 6.54 Å². The van der Waals surface area contributed by atoms with E-state index in [0.717, 1.165) is 5.57 Å². The Morgan fingerprint density at radius 2 is 2.56 bits per heavy atom. The first-order valence-electron chi connectivity index (χ1n) is 4.58. The van der Waals surface area contributed by atoms with Gasteiger partial charge < -0.3 is 9.84 Å². The quantitative estimate of drug-likeness (QED) is 0.551. The lowest BCUT2D eigenvalue weighted by atomic mass is 10.1. The molecule has 0 atom stereocenters. The van der Waals surface area contributed by atoms with Crippen LogP contribution in [0.15, 0.2) is 28.9 Å². The topological polar surface area (TPSA) is 91.0 Å². The molecular weight excluding hydrogens is 208 g/mol. The average molecular weight is 216 g/mol. The zero-order chi connectivity index (χ0) is 11.4. The molecule has 2 N–H and O–H groups in total. The summed E-state index contributed by atoms with van der Waals surface area (Å²) in [6.45, 7) is 0.707. The maximum atomic E-state index is 11.2. The number of carbonyl (C=O) groups is 1. The van der Waals surface area contributed by atoms with Gasteiger partial charge >= 0.3 is 5.91 Å². The van der Waals surface area contributed by atoms with Crippen molar-refractivity contribution in [3.8, 4) is 6.19 Å². The lowest BCUT2D eigenvalue weighted by molar-refractivity contribution is 0.0936. The van der Waals surface area contributed by atoms with Crippen molar-refractivity contribution < 1.29 is 9.32 Å². The maximum Gasteiger partial charge on any atom is 0.302 e. The van der Waals surface area contributed by atoms with E-state index in [0.29, 0.717) is 12.2 Å². The molecule has 1 aliphatic heterocycles. The molecule has 6 heteroatoms. The van der Waals surface area contributed by atoms with Gasteiger partial charge in [-0.2, -0.15) is 5.26 Å². The van der Waals surface area contributed by atoms with Gasteiger partial charge in [0.1, 0.15) is 5.69 Å². The van der Waals surface area contributed by atoms with Crippen LogP contribution < -0.4 is 10.6 Å². The van der Waals surface area contributed by atoms with E-state index in [-0.39, 0.29) is 5.76 Å². The van der Waals surface area contributed by atoms with E-state index >= 15 is 0 Å². The van der Waals surface area contributed by atoms with E-state index in [1.165, 1.54) is 12.3 Å². The number of amides is 1. The van der Waals surface area contributed by atoms with Gasteiger partial charge in [0.05, 0.1) is 0 Å². The Bertz CT molecular complexity index is 507. The molecular formula is C10H8N4O2. The number of hydrogen-bond donors (Lipinski definition) is 2. The number of nitrogens with zero attached hydrogens (tertiary/aromatic N) is 2. The molecule has 1 aromatic heterocycles. The largest absolute Gasteiger partial charge is 0.387 e. The summed E-state index contributed by atoms with van der Waals surface area (Å²) in [5.74, 6) is -0.579. The summed E-state index contributed by atoms with van der Waals surface area (Å²) >= 11 is 0. The fourth-order valence-electron chi connectivity index (χ4n) is 1.27. The second-order valence-electron chi connectivity index (χ2n) is 3.04. The third-order valence-electron chi connectivity index (χ3n) is 2.02. The highest BCUT2D eigenvalue weighted by Gasteiger charge is 2.14. The first-order chi connectivity index (χ1) is 7.81. The molecule has 16 heavy (non-hydrogen) atoms.